The molecule has 1 heteroatoms. The highest BCUT2D eigenvalue weighted by Gasteiger charge is 2.17. The fourth-order valence-corrected chi connectivity index (χ4v) is 4.20. The molecule has 0 unspecified atom stereocenters. The molecule has 0 atom stereocenters. The molecule has 0 aliphatic rings. The molecule has 3 aromatic carbocycles. The molecule has 0 aliphatic heterocycles. The molecule has 0 spiro atoms. The summed E-state index contributed by atoms with van der Waals surface area (Å²) in [5, 5.41) is 8.04. The number of hydrogen-bond acceptors (Lipinski definition) is 0. The van der Waals surface area contributed by atoms with Gasteiger partial charge in [-0.05, 0) is 22.9 Å². The molecule has 23 heavy (non-hydrogen) atoms. The smallest absolute Gasteiger partial charge is 0.0620 e. The highest BCUT2D eigenvalue weighted by atomic mass is 14.9. The van der Waals surface area contributed by atoms with Crippen LogP contribution in [0.3, 0.4) is 0 Å². The molecule has 0 fully saturated rings. The van der Waals surface area contributed by atoms with Crippen LogP contribution in [0.4, 0.5) is 0 Å². The Morgan fingerprint density at radius 2 is 1.22 bits per heavy atom. The van der Waals surface area contributed by atoms with E-state index in [1.165, 1.54) is 48.9 Å². The van der Waals surface area contributed by atoms with E-state index < -0.39 is 0 Å². The number of fused-ring (bicyclic) bond motifs is 8. The van der Waals surface area contributed by atoms with E-state index in [-0.39, 0.29) is 0 Å². The van der Waals surface area contributed by atoms with Gasteiger partial charge in [0, 0.05) is 21.5 Å². The van der Waals surface area contributed by atoms with Crippen molar-refractivity contribution in [3.05, 3.63) is 78.9 Å². The van der Waals surface area contributed by atoms with E-state index in [9.17, 15) is 0 Å². The highest BCUT2D eigenvalue weighted by molar-refractivity contribution is 6.28. The van der Waals surface area contributed by atoms with Gasteiger partial charge in [0.25, 0.3) is 0 Å². The molecule has 1 nitrogen and oxygen atoms in total. The van der Waals surface area contributed by atoms with Crippen LogP contribution in [0, 0.1) is 0 Å². The first-order chi connectivity index (χ1) is 11.4. The zero-order valence-electron chi connectivity index (χ0n) is 12.5. The van der Waals surface area contributed by atoms with Gasteiger partial charge in [0.1, 0.15) is 0 Å². The summed E-state index contributed by atoms with van der Waals surface area (Å²) in [4.78, 5) is 0. The van der Waals surface area contributed by atoms with Gasteiger partial charge in [-0.25, -0.2) is 0 Å². The number of aromatic nitrogens is 1. The molecule has 3 aromatic heterocycles. The van der Waals surface area contributed by atoms with Crippen molar-refractivity contribution < 1.29 is 0 Å². The summed E-state index contributed by atoms with van der Waals surface area (Å²) in [6.45, 7) is 0. The van der Waals surface area contributed by atoms with E-state index in [0.29, 0.717) is 0 Å². The van der Waals surface area contributed by atoms with Gasteiger partial charge in [-0.1, -0.05) is 66.7 Å². The standard InChI is InChI=1S/C22H13N/c1-2-7-15-14(6-1)12-13-18-21(15)20-11-5-10-19-16-8-3-4-9-17(16)22(18)23(19)20/h1-13H. The largest absolute Gasteiger partial charge is 0.308 e. The van der Waals surface area contributed by atoms with E-state index >= 15 is 0 Å². The molecule has 106 valence electrons. The second-order valence-corrected chi connectivity index (χ2v) is 6.24. The summed E-state index contributed by atoms with van der Waals surface area (Å²) >= 11 is 0. The molecule has 0 amide bonds. The molecule has 0 saturated heterocycles. The van der Waals surface area contributed by atoms with E-state index in [1.807, 2.05) is 0 Å². The zero-order valence-corrected chi connectivity index (χ0v) is 12.5. The summed E-state index contributed by atoms with van der Waals surface area (Å²) in [6, 6.07) is 28.6. The van der Waals surface area contributed by atoms with Gasteiger partial charge in [0.05, 0.1) is 16.6 Å². The molecule has 6 aromatic rings. The lowest BCUT2D eigenvalue weighted by Crippen LogP contribution is -1.80. The lowest BCUT2D eigenvalue weighted by Gasteiger charge is -2.01. The third-order valence-electron chi connectivity index (χ3n) is 5.11. The molecule has 0 bridgehead atoms. The average Bonchev–Trinajstić information content (AvgIpc) is 3.13. The van der Waals surface area contributed by atoms with Crippen LogP contribution in [0.1, 0.15) is 0 Å². The summed E-state index contributed by atoms with van der Waals surface area (Å²) < 4.78 is 2.43. The number of rotatable bonds is 0. The molecular weight excluding hydrogens is 278 g/mol. The van der Waals surface area contributed by atoms with Crippen molar-refractivity contribution in [2.75, 3.05) is 0 Å². The topological polar surface area (TPSA) is 4.41 Å². The third kappa shape index (κ3) is 1.25. The predicted molar refractivity (Wildman–Crippen MR) is 98.6 cm³/mol. The molecule has 3 heterocycles. The van der Waals surface area contributed by atoms with Crippen molar-refractivity contribution in [1.29, 1.82) is 0 Å². The van der Waals surface area contributed by atoms with Crippen molar-refractivity contribution in [2.45, 2.75) is 0 Å². The Labute approximate surface area is 132 Å². The van der Waals surface area contributed by atoms with Gasteiger partial charge in [0.15, 0.2) is 0 Å². The number of benzene rings is 3. The first-order valence-electron chi connectivity index (χ1n) is 7.98. The quantitative estimate of drug-likeness (QED) is 0.324. The van der Waals surface area contributed by atoms with Crippen LogP contribution in [-0.2, 0) is 0 Å². The number of hydrogen-bond donors (Lipinski definition) is 0. The van der Waals surface area contributed by atoms with Gasteiger partial charge in [-0.2, -0.15) is 0 Å². The van der Waals surface area contributed by atoms with Crippen molar-refractivity contribution in [3.8, 4) is 0 Å². The van der Waals surface area contributed by atoms with Crippen LogP contribution in [0.15, 0.2) is 78.9 Å². The second-order valence-electron chi connectivity index (χ2n) is 6.24. The Kier molecular flexibility index (Phi) is 1.91. The Morgan fingerprint density at radius 1 is 0.478 bits per heavy atom. The van der Waals surface area contributed by atoms with Crippen molar-refractivity contribution in [3.63, 3.8) is 0 Å². The first kappa shape index (κ1) is 11.5. The van der Waals surface area contributed by atoms with Crippen molar-refractivity contribution in [2.24, 2.45) is 0 Å². The van der Waals surface area contributed by atoms with Crippen LogP contribution in [0.2, 0.25) is 0 Å². The first-order valence-corrected chi connectivity index (χ1v) is 7.98. The van der Waals surface area contributed by atoms with Crippen molar-refractivity contribution >= 4 is 48.9 Å². The second kappa shape index (κ2) is 3.82. The van der Waals surface area contributed by atoms with Crippen LogP contribution in [-0.4, -0.2) is 4.40 Å². The molecule has 0 radical (unpaired) electrons. The van der Waals surface area contributed by atoms with Gasteiger partial charge in [-0.15, -0.1) is 0 Å². The normalized spacial score (nSPS) is 12.3. The summed E-state index contributed by atoms with van der Waals surface area (Å²) in [5.74, 6) is 0. The van der Waals surface area contributed by atoms with Gasteiger partial charge < -0.3 is 4.40 Å². The molecule has 0 aliphatic carbocycles. The Morgan fingerprint density at radius 3 is 2.13 bits per heavy atom. The maximum absolute atomic E-state index is 2.43. The molecular formula is C22H13N. The maximum Gasteiger partial charge on any atom is 0.0620 e. The molecule has 0 saturated carbocycles. The third-order valence-corrected chi connectivity index (χ3v) is 5.11. The van der Waals surface area contributed by atoms with Crippen LogP contribution in [0.5, 0.6) is 0 Å². The lowest BCUT2D eigenvalue weighted by molar-refractivity contribution is 1.36. The Hall–Kier alpha value is -3.06. The minimum atomic E-state index is 1.30. The summed E-state index contributed by atoms with van der Waals surface area (Å²) in [7, 11) is 0. The fraction of sp³-hybridized carbons (Fsp3) is 0. The van der Waals surface area contributed by atoms with Gasteiger partial charge in [-0.3, -0.25) is 0 Å². The van der Waals surface area contributed by atoms with E-state index in [4.69, 9.17) is 0 Å². The summed E-state index contributed by atoms with van der Waals surface area (Å²) in [6.07, 6.45) is 0. The number of pyridine rings is 1. The van der Waals surface area contributed by atoms with Gasteiger partial charge in [0.2, 0.25) is 0 Å². The maximum atomic E-state index is 2.43. The SMILES string of the molecule is c1ccc2c(c1)ccc1c2c2cccc3c4ccccc4c1n32. The monoisotopic (exact) mass is 291 g/mol. The molecule has 6 rings (SSSR count). The Balaban J connectivity index is 2.08. The Bertz CT molecular complexity index is 1350. The lowest BCUT2D eigenvalue weighted by atomic mass is 10.0. The fourth-order valence-electron chi connectivity index (χ4n) is 4.20. The van der Waals surface area contributed by atoms with E-state index in [0.717, 1.165) is 0 Å². The van der Waals surface area contributed by atoms with Crippen LogP contribution >= 0.6 is 0 Å². The van der Waals surface area contributed by atoms with E-state index in [2.05, 4.69) is 83.3 Å². The predicted octanol–water partition coefficient (Wildman–Crippen LogP) is 5.99. The minimum Gasteiger partial charge on any atom is -0.308 e. The van der Waals surface area contributed by atoms with E-state index in [1.54, 1.807) is 0 Å². The highest BCUT2D eigenvalue weighted by Crippen LogP contribution is 2.41. The number of nitrogens with zero attached hydrogens (tertiary/aromatic N) is 1. The summed E-state index contributed by atoms with van der Waals surface area (Å²) in [5.41, 5.74) is 3.95. The van der Waals surface area contributed by atoms with Gasteiger partial charge >= 0.3 is 0 Å². The minimum absolute atomic E-state index is 1.30. The van der Waals surface area contributed by atoms with Crippen LogP contribution < -0.4 is 0 Å². The zero-order chi connectivity index (χ0) is 15.0. The average molecular weight is 291 g/mol. The van der Waals surface area contributed by atoms with Crippen molar-refractivity contribution in [1.82, 2.24) is 4.40 Å². The van der Waals surface area contributed by atoms with Crippen LogP contribution in [0.25, 0.3) is 48.9 Å². The molecule has 0 N–H and O–H groups in total.